The predicted molar refractivity (Wildman–Crippen MR) is 58.7 cm³/mol. The van der Waals surface area contributed by atoms with E-state index in [1.807, 2.05) is 0 Å². The van der Waals surface area contributed by atoms with E-state index in [1.165, 1.54) is 12.3 Å². The van der Waals surface area contributed by atoms with Crippen molar-refractivity contribution in [3.63, 3.8) is 0 Å². The molecule has 0 aliphatic carbocycles. The normalized spacial score (nSPS) is 10.3. The average molecular weight is 250 g/mol. The first-order valence-corrected chi connectivity index (χ1v) is 4.78. The maximum absolute atomic E-state index is 13.2. The van der Waals surface area contributed by atoms with E-state index in [-0.39, 0.29) is 11.4 Å². The molecular weight excluding hydrogens is 243 g/mol. The Balaban J connectivity index is 2.49. The summed E-state index contributed by atoms with van der Waals surface area (Å²) in [5, 5.41) is 14.4. The summed E-state index contributed by atoms with van der Waals surface area (Å²) in [6.45, 7) is 0. The van der Waals surface area contributed by atoms with E-state index in [1.54, 1.807) is 0 Å². The van der Waals surface area contributed by atoms with Crippen molar-refractivity contribution in [2.24, 2.45) is 5.73 Å². The molecule has 18 heavy (non-hydrogen) atoms. The van der Waals surface area contributed by atoms with Crippen LogP contribution < -0.4 is 5.73 Å². The fourth-order valence-electron chi connectivity index (χ4n) is 1.40. The Morgan fingerprint density at radius 1 is 1.44 bits per heavy atom. The molecule has 0 fully saturated rings. The van der Waals surface area contributed by atoms with Crippen LogP contribution in [0.4, 0.5) is 10.1 Å². The van der Waals surface area contributed by atoms with Crippen molar-refractivity contribution in [1.82, 2.24) is 9.78 Å². The molecule has 1 aromatic carbocycles. The van der Waals surface area contributed by atoms with Crippen LogP contribution >= 0.6 is 0 Å². The average Bonchev–Trinajstić information content (AvgIpc) is 2.77. The van der Waals surface area contributed by atoms with E-state index in [0.717, 1.165) is 22.9 Å². The van der Waals surface area contributed by atoms with Crippen molar-refractivity contribution in [2.75, 3.05) is 0 Å². The first kappa shape index (κ1) is 11.7. The molecule has 0 saturated heterocycles. The van der Waals surface area contributed by atoms with Gasteiger partial charge in [-0.15, -0.1) is 0 Å². The van der Waals surface area contributed by atoms with Crippen LogP contribution in [0.1, 0.15) is 10.5 Å². The maximum Gasteiger partial charge on any atom is 0.274 e. The topological polar surface area (TPSA) is 104 Å². The van der Waals surface area contributed by atoms with Gasteiger partial charge in [-0.25, -0.2) is 9.07 Å². The zero-order chi connectivity index (χ0) is 13.3. The molecule has 0 radical (unpaired) electrons. The van der Waals surface area contributed by atoms with Gasteiger partial charge in [-0.2, -0.15) is 5.10 Å². The molecule has 0 spiro atoms. The molecule has 92 valence electrons. The van der Waals surface area contributed by atoms with Gasteiger partial charge in [0.2, 0.25) is 0 Å². The fraction of sp³-hybridized carbons (Fsp3) is 0. The Kier molecular flexibility index (Phi) is 2.76. The molecule has 8 heteroatoms. The van der Waals surface area contributed by atoms with Crippen LogP contribution in [0, 0.1) is 15.9 Å². The largest absolute Gasteiger partial charge is 0.364 e. The highest BCUT2D eigenvalue weighted by molar-refractivity contribution is 5.90. The van der Waals surface area contributed by atoms with E-state index < -0.39 is 22.3 Å². The SMILES string of the molecule is NC(=O)c1ccn(-c2cc(F)cc([N+](=O)[O-])c2)n1. The Hall–Kier alpha value is -2.77. The zero-order valence-electron chi connectivity index (χ0n) is 8.91. The number of primary amides is 1. The van der Waals surface area contributed by atoms with Crippen LogP contribution in [0.2, 0.25) is 0 Å². The quantitative estimate of drug-likeness (QED) is 0.648. The molecule has 0 atom stereocenters. The summed E-state index contributed by atoms with van der Waals surface area (Å²) in [6, 6.07) is 4.33. The highest BCUT2D eigenvalue weighted by Crippen LogP contribution is 2.19. The number of carbonyl (C=O) groups is 1. The Bertz CT molecular complexity index is 638. The molecule has 1 amide bonds. The van der Waals surface area contributed by atoms with E-state index in [0.29, 0.717) is 0 Å². The molecule has 0 unspecified atom stereocenters. The molecule has 2 N–H and O–H groups in total. The summed E-state index contributed by atoms with van der Waals surface area (Å²) in [5.74, 6) is -1.50. The third-order valence-electron chi connectivity index (χ3n) is 2.18. The second-order valence-electron chi connectivity index (χ2n) is 3.43. The number of rotatable bonds is 3. The Morgan fingerprint density at radius 2 is 2.17 bits per heavy atom. The van der Waals surface area contributed by atoms with Gasteiger partial charge in [0.25, 0.3) is 11.6 Å². The van der Waals surface area contributed by atoms with Crippen LogP contribution in [-0.4, -0.2) is 20.6 Å². The number of halogens is 1. The first-order valence-electron chi connectivity index (χ1n) is 4.78. The molecule has 2 aromatic rings. The first-order chi connectivity index (χ1) is 8.47. The van der Waals surface area contributed by atoms with Gasteiger partial charge in [0.15, 0.2) is 0 Å². The van der Waals surface area contributed by atoms with Gasteiger partial charge < -0.3 is 5.73 Å². The molecular formula is C10H7FN4O3. The fourth-order valence-corrected chi connectivity index (χ4v) is 1.40. The third-order valence-corrected chi connectivity index (χ3v) is 2.18. The summed E-state index contributed by atoms with van der Waals surface area (Å²) in [7, 11) is 0. The lowest BCUT2D eigenvalue weighted by atomic mass is 10.3. The lowest BCUT2D eigenvalue weighted by molar-refractivity contribution is -0.385. The molecule has 0 aliphatic heterocycles. The molecule has 0 aliphatic rings. The molecule has 0 saturated carbocycles. The number of benzene rings is 1. The lowest BCUT2D eigenvalue weighted by Crippen LogP contribution is -2.12. The Morgan fingerprint density at radius 3 is 2.72 bits per heavy atom. The van der Waals surface area contributed by atoms with Gasteiger partial charge in [0.05, 0.1) is 16.7 Å². The van der Waals surface area contributed by atoms with Crippen LogP contribution in [-0.2, 0) is 0 Å². The van der Waals surface area contributed by atoms with Crippen molar-refractivity contribution in [3.05, 3.63) is 52.1 Å². The number of non-ortho nitro benzene ring substituents is 1. The number of hydrogen-bond acceptors (Lipinski definition) is 4. The van der Waals surface area contributed by atoms with E-state index in [4.69, 9.17) is 5.73 Å². The standard InChI is InChI=1S/C10H7FN4O3/c11-6-3-7(5-8(4-6)15(17)18)14-2-1-9(13-14)10(12)16/h1-5H,(H2,12,16). The van der Waals surface area contributed by atoms with Crippen LogP contribution in [0.5, 0.6) is 0 Å². The number of nitrogens with two attached hydrogens (primary N) is 1. The van der Waals surface area contributed by atoms with Gasteiger partial charge in [0, 0.05) is 18.3 Å². The monoisotopic (exact) mass is 250 g/mol. The van der Waals surface area contributed by atoms with Crippen molar-refractivity contribution < 1.29 is 14.1 Å². The minimum Gasteiger partial charge on any atom is -0.364 e. The minimum atomic E-state index is -0.768. The van der Waals surface area contributed by atoms with Crippen molar-refractivity contribution in [1.29, 1.82) is 0 Å². The maximum atomic E-state index is 13.2. The highest BCUT2D eigenvalue weighted by Gasteiger charge is 2.12. The third kappa shape index (κ3) is 2.17. The summed E-state index contributed by atoms with van der Waals surface area (Å²) >= 11 is 0. The number of nitrogens with zero attached hydrogens (tertiary/aromatic N) is 3. The van der Waals surface area contributed by atoms with Crippen LogP contribution in [0.25, 0.3) is 5.69 Å². The van der Waals surface area contributed by atoms with Crippen LogP contribution in [0.15, 0.2) is 30.5 Å². The van der Waals surface area contributed by atoms with E-state index in [2.05, 4.69) is 5.10 Å². The number of carbonyl (C=O) groups excluding carboxylic acids is 1. The van der Waals surface area contributed by atoms with Crippen molar-refractivity contribution in [3.8, 4) is 5.69 Å². The highest BCUT2D eigenvalue weighted by atomic mass is 19.1. The van der Waals surface area contributed by atoms with Crippen molar-refractivity contribution >= 4 is 11.6 Å². The second kappa shape index (κ2) is 4.24. The molecule has 7 nitrogen and oxygen atoms in total. The summed E-state index contributed by atoms with van der Waals surface area (Å²) in [5.41, 5.74) is 4.74. The van der Waals surface area contributed by atoms with Crippen LogP contribution in [0.3, 0.4) is 0 Å². The zero-order valence-corrected chi connectivity index (χ0v) is 8.91. The number of hydrogen-bond donors (Lipinski definition) is 1. The smallest absolute Gasteiger partial charge is 0.274 e. The number of amides is 1. The number of aromatic nitrogens is 2. The van der Waals surface area contributed by atoms with Gasteiger partial charge in [-0.05, 0) is 6.07 Å². The molecule has 0 bridgehead atoms. The van der Waals surface area contributed by atoms with Crippen molar-refractivity contribution in [2.45, 2.75) is 0 Å². The number of nitro groups is 1. The second-order valence-corrected chi connectivity index (χ2v) is 3.43. The van der Waals surface area contributed by atoms with Gasteiger partial charge in [-0.1, -0.05) is 0 Å². The van der Waals surface area contributed by atoms with Gasteiger partial charge in [-0.3, -0.25) is 14.9 Å². The summed E-state index contributed by atoms with van der Waals surface area (Å²) in [6.07, 6.45) is 1.36. The minimum absolute atomic E-state index is 0.0121. The molecule has 1 aromatic heterocycles. The van der Waals surface area contributed by atoms with E-state index in [9.17, 15) is 19.3 Å². The molecule has 1 heterocycles. The lowest BCUT2D eigenvalue weighted by Gasteiger charge is -2.01. The van der Waals surface area contributed by atoms with Gasteiger partial charge in [0.1, 0.15) is 11.5 Å². The van der Waals surface area contributed by atoms with E-state index >= 15 is 0 Å². The summed E-state index contributed by atoms with van der Waals surface area (Å²) < 4.78 is 14.3. The molecule has 2 rings (SSSR count). The number of nitro benzene ring substituents is 1. The van der Waals surface area contributed by atoms with Gasteiger partial charge >= 0.3 is 0 Å². The predicted octanol–water partition coefficient (Wildman–Crippen LogP) is 1.02. The Labute approximate surface area is 99.8 Å². The summed E-state index contributed by atoms with van der Waals surface area (Å²) in [4.78, 5) is 20.7.